The second-order valence-corrected chi connectivity index (χ2v) is 8.90. The molecule has 0 aromatic rings. The zero-order valence-corrected chi connectivity index (χ0v) is 14.3. The van der Waals surface area contributed by atoms with Gasteiger partial charge in [0, 0.05) is 5.57 Å². The smallest absolute Gasteiger partial charge is 0.165 e. The maximum Gasteiger partial charge on any atom is 0.165 e. The minimum Gasteiger partial charge on any atom is -0.367 e. The summed E-state index contributed by atoms with van der Waals surface area (Å²) in [6.07, 6.45) is 10.5. The third-order valence-electron chi connectivity index (χ3n) is 7.94. The predicted octanol–water partition coefficient (Wildman–Crippen LogP) is 3.63. The molecule has 2 aliphatic heterocycles. The second-order valence-electron chi connectivity index (χ2n) is 8.90. The Morgan fingerprint density at radius 1 is 1.35 bits per heavy atom. The molecule has 0 aromatic heterocycles. The summed E-state index contributed by atoms with van der Waals surface area (Å²) in [4.78, 5) is 11.7. The molecule has 0 radical (unpaired) electrons. The van der Waals surface area contributed by atoms with Crippen LogP contribution in [0.1, 0.15) is 52.4 Å². The fraction of sp³-hybridized carbons (Fsp3) is 0.750. The summed E-state index contributed by atoms with van der Waals surface area (Å²) in [5.41, 5.74) is 0.755. The monoisotopic (exact) mass is 316 g/mol. The van der Waals surface area contributed by atoms with Gasteiger partial charge >= 0.3 is 0 Å². The highest BCUT2D eigenvalue weighted by Gasteiger charge is 2.65. The summed E-state index contributed by atoms with van der Waals surface area (Å²) >= 11 is 0. The Bertz CT molecular complexity index is 581. The number of aldehydes is 1. The topological polar surface area (TPSA) is 46.5 Å². The molecule has 126 valence electrons. The first kappa shape index (κ1) is 15.6. The lowest BCUT2D eigenvalue weighted by molar-refractivity contribution is -0.282. The van der Waals surface area contributed by atoms with Crippen LogP contribution in [0.25, 0.3) is 0 Å². The first-order valence-corrected chi connectivity index (χ1v) is 9.02. The van der Waals surface area contributed by atoms with Crippen LogP contribution in [0, 0.1) is 28.1 Å². The first-order valence-electron chi connectivity index (χ1n) is 9.02. The molecule has 7 atom stereocenters. The minimum absolute atomic E-state index is 0.0969. The van der Waals surface area contributed by atoms with E-state index in [-0.39, 0.29) is 16.9 Å². The molecule has 1 N–H and O–H groups in total. The summed E-state index contributed by atoms with van der Waals surface area (Å²) < 4.78 is 5.77. The Balaban J connectivity index is 1.75. The van der Waals surface area contributed by atoms with Crippen LogP contribution < -0.4 is 0 Å². The number of allylic oxidation sites excluding steroid dienone is 1. The maximum atomic E-state index is 11.7. The van der Waals surface area contributed by atoms with Gasteiger partial charge in [-0.1, -0.05) is 19.9 Å². The van der Waals surface area contributed by atoms with Crippen molar-refractivity contribution in [3.05, 3.63) is 24.3 Å². The number of fused-ring (bicyclic) bond motifs is 2. The molecule has 23 heavy (non-hydrogen) atoms. The Morgan fingerprint density at radius 3 is 2.83 bits per heavy atom. The zero-order valence-electron chi connectivity index (χ0n) is 14.3. The van der Waals surface area contributed by atoms with Crippen LogP contribution in [0.15, 0.2) is 24.3 Å². The number of rotatable bonds is 2. The third kappa shape index (κ3) is 1.87. The highest BCUT2D eigenvalue weighted by atomic mass is 16.6. The molecule has 2 bridgehead atoms. The highest BCUT2D eigenvalue weighted by Crippen LogP contribution is 2.69. The Morgan fingerprint density at radius 2 is 2.13 bits per heavy atom. The number of carbonyl (C=O) groups is 1. The number of hydrogen-bond donors (Lipinski definition) is 1. The Hall–Kier alpha value is -0.930. The molecular weight excluding hydrogens is 288 g/mol. The highest BCUT2D eigenvalue weighted by molar-refractivity contribution is 5.77. The number of hydrogen-bond acceptors (Lipinski definition) is 3. The summed E-state index contributed by atoms with van der Waals surface area (Å²) in [6, 6.07) is 0. The standard InChI is InChI=1S/C20H28O3/c1-4-18(2)7-8-19(3)13(11-18)5-6-20-14(12-21)9-15(10-16(19)20)23-17(20)22/h4,9,12-13,15-17,22H,1,5-8,10-11H2,2-3H3/t13-,15+,16?,17?,18-,19-,20-/m0/s1. The number of aliphatic hydroxyl groups excluding tert-OH is 1. The molecule has 3 heteroatoms. The molecule has 1 saturated heterocycles. The van der Waals surface area contributed by atoms with Crippen molar-refractivity contribution in [2.75, 3.05) is 0 Å². The quantitative estimate of drug-likeness (QED) is 0.625. The van der Waals surface area contributed by atoms with E-state index >= 15 is 0 Å². The van der Waals surface area contributed by atoms with Crippen molar-refractivity contribution < 1.29 is 14.6 Å². The number of ether oxygens (including phenoxy) is 1. The Kier molecular flexibility index (Phi) is 3.25. The van der Waals surface area contributed by atoms with Crippen LogP contribution >= 0.6 is 0 Å². The van der Waals surface area contributed by atoms with Crippen molar-refractivity contribution >= 4 is 6.29 Å². The summed E-state index contributed by atoms with van der Waals surface area (Å²) in [7, 11) is 0. The van der Waals surface area contributed by atoms with E-state index in [0.29, 0.717) is 11.8 Å². The lowest BCUT2D eigenvalue weighted by Crippen LogP contribution is -2.64. The third-order valence-corrected chi connectivity index (χ3v) is 7.94. The van der Waals surface area contributed by atoms with Crippen LogP contribution in [-0.4, -0.2) is 23.8 Å². The SMILES string of the molecule is C=C[C@@]1(C)CC[C@]2(C)C3C[C@H]4C=C(C=O)[C@]3(CC[C@H]2C1)C(O)O4. The van der Waals surface area contributed by atoms with E-state index in [9.17, 15) is 9.90 Å². The van der Waals surface area contributed by atoms with E-state index in [1.807, 2.05) is 6.08 Å². The number of carbonyl (C=O) groups excluding carboxylic acids is 1. The van der Waals surface area contributed by atoms with Crippen LogP contribution in [-0.2, 0) is 9.53 Å². The van der Waals surface area contributed by atoms with Crippen LogP contribution in [0.3, 0.4) is 0 Å². The van der Waals surface area contributed by atoms with Crippen molar-refractivity contribution in [2.24, 2.45) is 28.1 Å². The summed E-state index contributed by atoms with van der Waals surface area (Å²) in [5, 5.41) is 10.7. The average molecular weight is 316 g/mol. The summed E-state index contributed by atoms with van der Waals surface area (Å²) in [5.74, 6) is 0.997. The molecule has 3 aliphatic carbocycles. The molecule has 2 unspecified atom stereocenters. The van der Waals surface area contributed by atoms with Crippen LogP contribution in [0.5, 0.6) is 0 Å². The van der Waals surface area contributed by atoms with Gasteiger partial charge < -0.3 is 9.84 Å². The van der Waals surface area contributed by atoms with Gasteiger partial charge in [0.2, 0.25) is 0 Å². The van der Waals surface area contributed by atoms with E-state index in [1.54, 1.807) is 0 Å². The molecule has 2 saturated carbocycles. The fourth-order valence-corrected chi connectivity index (χ4v) is 6.36. The van der Waals surface area contributed by atoms with Gasteiger partial charge in [0.15, 0.2) is 6.29 Å². The zero-order chi connectivity index (χ0) is 16.5. The van der Waals surface area contributed by atoms with Crippen molar-refractivity contribution in [3.8, 4) is 0 Å². The van der Waals surface area contributed by atoms with E-state index < -0.39 is 11.7 Å². The lowest BCUT2D eigenvalue weighted by Gasteiger charge is -2.66. The van der Waals surface area contributed by atoms with E-state index in [4.69, 9.17) is 4.74 Å². The van der Waals surface area contributed by atoms with E-state index in [0.717, 1.165) is 44.0 Å². The lowest BCUT2D eigenvalue weighted by atomic mass is 9.41. The van der Waals surface area contributed by atoms with E-state index in [2.05, 4.69) is 26.5 Å². The van der Waals surface area contributed by atoms with E-state index in [1.165, 1.54) is 6.42 Å². The normalized spacial score (nSPS) is 54.7. The molecule has 3 nitrogen and oxygen atoms in total. The molecule has 2 heterocycles. The van der Waals surface area contributed by atoms with Gasteiger partial charge in [0.05, 0.1) is 11.5 Å². The maximum absolute atomic E-state index is 11.7. The summed E-state index contributed by atoms with van der Waals surface area (Å²) in [6.45, 7) is 8.79. The molecule has 5 rings (SSSR count). The molecular formula is C20H28O3. The van der Waals surface area contributed by atoms with Gasteiger partial charge in [-0.3, -0.25) is 4.79 Å². The number of aliphatic hydroxyl groups is 1. The van der Waals surface area contributed by atoms with Gasteiger partial charge in [-0.2, -0.15) is 0 Å². The molecule has 1 spiro atoms. The molecule has 3 fully saturated rings. The van der Waals surface area contributed by atoms with Gasteiger partial charge in [0.1, 0.15) is 6.29 Å². The molecule has 5 aliphatic rings. The van der Waals surface area contributed by atoms with Gasteiger partial charge in [-0.25, -0.2) is 0 Å². The van der Waals surface area contributed by atoms with Gasteiger partial charge in [0.25, 0.3) is 0 Å². The van der Waals surface area contributed by atoms with Crippen molar-refractivity contribution in [1.82, 2.24) is 0 Å². The van der Waals surface area contributed by atoms with Gasteiger partial charge in [-0.05, 0) is 67.3 Å². The first-order chi connectivity index (χ1) is 10.9. The van der Waals surface area contributed by atoms with Crippen LogP contribution in [0.2, 0.25) is 0 Å². The minimum atomic E-state index is -0.818. The van der Waals surface area contributed by atoms with Crippen molar-refractivity contribution in [3.63, 3.8) is 0 Å². The van der Waals surface area contributed by atoms with Crippen molar-refractivity contribution in [1.29, 1.82) is 0 Å². The fourth-order valence-electron chi connectivity index (χ4n) is 6.36. The van der Waals surface area contributed by atoms with Crippen molar-refractivity contribution in [2.45, 2.75) is 64.8 Å². The van der Waals surface area contributed by atoms with Gasteiger partial charge in [-0.15, -0.1) is 6.58 Å². The average Bonchev–Trinajstić information content (AvgIpc) is 2.55. The molecule has 0 aromatic carbocycles. The predicted molar refractivity (Wildman–Crippen MR) is 88.6 cm³/mol. The second kappa shape index (κ2) is 4.80. The largest absolute Gasteiger partial charge is 0.367 e. The Labute approximate surface area is 138 Å². The van der Waals surface area contributed by atoms with Crippen LogP contribution in [0.4, 0.5) is 0 Å². The molecule has 0 amide bonds.